The van der Waals surface area contributed by atoms with Gasteiger partial charge in [-0.1, -0.05) is 41.5 Å². The van der Waals surface area contributed by atoms with Crippen molar-refractivity contribution >= 4 is 11.9 Å². The maximum absolute atomic E-state index is 13.3. The van der Waals surface area contributed by atoms with Crippen molar-refractivity contribution in [2.75, 3.05) is 26.2 Å². The zero-order chi connectivity index (χ0) is 24.6. The second-order valence-electron chi connectivity index (χ2n) is 14.3. The molecular weight excluding hydrogens is 426 g/mol. The van der Waals surface area contributed by atoms with Crippen molar-refractivity contribution in [3.63, 3.8) is 0 Å². The minimum absolute atomic E-state index is 0.0155. The standard InChI is InChI=1S/C29H48NO4/c1-26(2)20-10-12-28(26,5)22(16-20)33-24(31)18-30(14-8-7-9-15-30)19-25(32)34-23-17-21-11-13-29(23,6)27(21,3)4/h20-23H,7-19H2,1-6H3/q+1/t20-,21-,22-,23+,28+,29-/m0/s1. The van der Waals surface area contributed by atoms with E-state index in [-0.39, 0.29) is 45.8 Å². The Morgan fingerprint density at radius 1 is 0.706 bits per heavy atom. The predicted molar refractivity (Wildman–Crippen MR) is 132 cm³/mol. The van der Waals surface area contributed by atoms with Gasteiger partial charge in [0.25, 0.3) is 0 Å². The number of quaternary nitrogens is 1. The van der Waals surface area contributed by atoms with Crippen LogP contribution >= 0.6 is 0 Å². The lowest BCUT2D eigenvalue weighted by Crippen LogP contribution is -2.58. The van der Waals surface area contributed by atoms with Crippen LogP contribution in [0.15, 0.2) is 0 Å². The molecule has 0 amide bonds. The highest BCUT2D eigenvalue weighted by atomic mass is 16.6. The van der Waals surface area contributed by atoms with Gasteiger partial charge in [-0.2, -0.15) is 0 Å². The molecule has 4 bridgehead atoms. The third kappa shape index (κ3) is 3.50. The number of ether oxygens (including phenoxy) is 2. The second kappa shape index (κ2) is 7.95. The van der Waals surface area contributed by atoms with Gasteiger partial charge in [0.2, 0.25) is 0 Å². The number of fused-ring (bicyclic) bond motifs is 4. The van der Waals surface area contributed by atoms with Crippen molar-refractivity contribution in [2.24, 2.45) is 33.5 Å². The maximum Gasteiger partial charge on any atom is 0.362 e. The van der Waals surface area contributed by atoms with Crippen molar-refractivity contribution < 1.29 is 23.5 Å². The van der Waals surface area contributed by atoms with Crippen molar-refractivity contribution in [1.82, 2.24) is 0 Å². The molecule has 5 fully saturated rings. The van der Waals surface area contributed by atoms with Crippen LogP contribution in [0.25, 0.3) is 0 Å². The van der Waals surface area contributed by atoms with Gasteiger partial charge < -0.3 is 14.0 Å². The van der Waals surface area contributed by atoms with Gasteiger partial charge in [0.1, 0.15) is 12.2 Å². The fraction of sp³-hybridized carbons (Fsp3) is 0.931. The molecular formula is C29H48NO4+. The quantitative estimate of drug-likeness (QED) is 0.377. The Kier molecular flexibility index (Phi) is 5.75. The lowest BCUT2D eigenvalue weighted by molar-refractivity contribution is -0.919. The first-order valence-electron chi connectivity index (χ1n) is 14.1. The van der Waals surface area contributed by atoms with Gasteiger partial charge in [-0.3, -0.25) is 0 Å². The molecule has 0 N–H and O–H groups in total. The molecule has 0 aromatic heterocycles. The molecule has 0 aromatic carbocycles. The van der Waals surface area contributed by atoms with E-state index in [2.05, 4.69) is 41.5 Å². The fourth-order valence-corrected chi connectivity index (χ4v) is 9.11. The Morgan fingerprint density at radius 2 is 1.12 bits per heavy atom. The molecule has 0 radical (unpaired) electrons. The summed E-state index contributed by atoms with van der Waals surface area (Å²) in [4.78, 5) is 26.6. The van der Waals surface area contributed by atoms with E-state index in [1.54, 1.807) is 0 Å². The molecule has 4 saturated carbocycles. The van der Waals surface area contributed by atoms with Crippen LogP contribution in [-0.2, 0) is 19.1 Å². The Labute approximate surface area is 206 Å². The van der Waals surface area contributed by atoms with E-state index in [1.807, 2.05) is 0 Å². The van der Waals surface area contributed by atoms with Crippen molar-refractivity contribution in [2.45, 2.75) is 112 Å². The molecule has 5 nitrogen and oxygen atoms in total. The fourth-order valence-electron chi connectivity index (χ4n) is 9.11. The molecule has 192 valence electrons. The summed E-state index contributed by atoms with van der Waals surface area (Å²) in [5.41, 5.74) is 0.597. The Morgan fingerprint density at radius 3 is 1.44 bits per heavy atom. The topological polar surface area (TPSA) is 52.6 Å². The van der Waals surface area contributed by atoms with E-state index in [4.69, 9.17) is 9.47 Å². The average Bonchev–Trinajstić information content (AvgIpc) is 3.26. The Balaban J connectivity index is 1.23. The van der Waals surface area contributed by atoms with Gasteiger partial charge >= 0.3 is 11.9 Å². The van der Waals surface area contributed by atoms with Crippen LogP contribution in [-0.4, -0.2) is 54.8 Å². The summed E-state index contributed by atoms with van der Waals surface area (Å²) in [5.74, 6) is 1.07. The van der Waals surface area contributed by atoms with Crippen LogP contribution in [0.1, 0.15) is 99.3 Å². The monoisotopic (exact) mass is 474 g/mol. The minimum atomic E-state index is -0.114. The van der Waals surface area contributed by atoms with E-state index < -0.39 is 0 Å². The first-order valence-corrected chi connectivity index (χ1v) is 14.1. The molecule has 0 unspecified atom stereocenters. The third-order valence-corrected chi connectivity index (χ3v) is 12.7. The number of hydrogen-bond acceptors (Lipinski definition) is 4. The van der Waals surface area contributed by atoms with Gasteiger partial charge in [-0.05, 0) is 80.5 Å². The second-order valence-corrected chi connectivity index (χ2v) is 14.3. The first-order chi connectivity index (χ1) is 15.8. The molecule has 5 heteroatoms. The molecule has 1 saturated heterocycles. The summed E-state index contributed by atoms with van der Waals surface area (Å²) in [5, 5.41) is 0. The molecule has 1 aliphatic heterocycles. The van der Waals surface area contributed by atoms with Crippen LogP contribution in [0, 0.1) is 33.5 Å². The summed E-state index contributed by atoms with van der Waals surface area (Å²) in [6.07, 6.45) is 10.1. The number of rotatable bonds is 6. The SMILES string of the molecule is CC1(C)[C@H]2CC[C@@]1(C)[C@H](OC(=O)C[N+]1(CC(=O)O[C@H]3C[C@@H]4CC[C@@]3(C)C4(C)C)CCCCC1)C2. The van der Waals surface area contributed by atoms with Crippen LogP contribution in [0.2, 0.25) is 0 Å². The van der Waals surface area contributed by atoms with E-state index in [1.165, 1.54) is 19.3 Å². The van der Waals surface area contributed by atoms with Crippen LogP contribution in [0.3, 0.4) is 0 Å². The number of esters is 2. The van der Waals surface area contributed by atoms with Gasteiger partial charge in [0.15, 0.2) is 13.1 Å². The zero-order valence-corrected chi connectivity index (χ0v) is 22.6. The summed E-state index contributed by atoms with van der Waals surface area (Å²) < 4.78 is 12.9. The molecule has 5 rings (SSSR count). The third-order valence-electron chi connectivity index (χ3n) is 12.7. The van der Waals surface area contributed by atoms with Gasteiger partial charge in [-0.15, -0.1) is 0 Å². The van der Waals surface area contributed by atoms with Gasteiger partial charge in [-0.25, -0.2) is 9.59 Å². The summed E-state index contributed by atoms with van der Waals surface area (Å²) >= 11 is 0. The smallest absolute Gasteiger partial charge is 0.362 e. The number of likely N-dealkylation sites (tertiary alicyclic amines) is 1. The molecule has 5 aliphatic rings. The zero-order valence-electron chi connectivity index (χ0n) is 22.6. The number of nitrogens with zero attached hydrogens (tertiary/aromatic N) is 1. The molecule has 6 atom stereocenters. The highest BCUT2D eigenvalue weighted by Gasteiger charge is 2.64. The normalized spacial score (nSPS) is 43.1. The first kappa shape index (κ1) is 24.6. The summed E-state index contributed by atoms with van der Waals surface area (Å²) in [7, 11) is 0. The predicted octanol–water partition coefficient (Wildman–Crippen LogP) is 5.50. The summed E-state index contributed by atoms with van der Waals surface area (Å²) in [6.45, 7) is 16.4. The highest BCUT2D eigenvalue weighted by Crippen LogP contribution is 2.67. The average molecular weight is 475 g/mol. The molecule has 34 heavy (non-hydrogen) atoms. The van der Waals surface area contributed by atoms with Gasteiger partial charge in [0, 0.05) is 10.8 Å². The van der Waals surface area contributed by atoms with E-state index in [0.717, 1.165) is 51.6 Å². The Hall–Kier alpha value is -1.10. The molecule has 4 aliphatic carbocycles. The molecule has 0 spiro atoms. The van der Waals surface area contributed by atoms with E-state index >= 15 is 0 Å². The van der Waals surface area contributed by atoms with Crippen molar-refractivity contribution in [3.05, 3.63) is 0 Å². The molecule has 1 heterocycles. The summed E-state index contributed by atoms with van der Waals surface area (Å²) in [6, 6.07) is 0. The lowest BCUT2D eigenvalue weighted by Gasteiger charge is -2.42. The van der Waals surface area contributed by atoms with Crippen LogP contribution in [0.5, 0.6) is 0 Å². The Bertz CT molecular complexity index is 781. The lowest BCUT2D eigenvalue weighted by atomic mass is 9.70. The number of piperidine rings is 1. The maximum atomic E-state index is 13.3. The highest BCUT2D eigenvalue weighted by molar-refractivity contribution is 5.73. The number of carbonyl (C=O) groups excluding carboxylic acids is 2. The van der Waals surface area contributed by atoms with E-state index in [9.17, 15) is 9.59 Å². The number of hydrogen-bond donors (Lipinski definition) is 0. The van der Waals surface area contributed by atoms with E-state index in [0.29, 0.717) is 29.4 Å². The van der Waals surface area contributed by atoms with Crippen LogP contribution < -0.4 is 0 Å². The van der Waals surface area contributed by atoms with Crippen molar-refractivity contribution in [1.29, 1.82) is 0 Å². The van der Waals surface area contributed by atoms with Gasteiger partial charge in [0.05, 0.1) is 13.1 Å². The largest absolute Gasteiger partial charge is 0.458 e. The van der Waals surface area contributed by atoms with Crippen molar-refractivity contribution in [3.8, 4) is 0 Å². The number of carbonyl (C=O) groups is 2. The molecule has 0 aromatic rings. The van der Waals surface area contributed by atoms with Crippen LogP contribution in [0.4, 0.5) is 0 Å². The minimum Gasteiger partial charge on any atom is -0.458 e.